The van der Waals surface area contributed by atoms with Gasteiger partial charge in [0.1, 0.15) is 5.01 Å². The van der Waals surface area contributed by atoms with Gasteiger partial charge in [0.2, 0.25) is 0 Å². The molecule has 1 atom stereocenters. The maximum Gasteiger partial charge on any atom is 0.123 e. The fourth-order valence-corrected chi connectivity index (χ4v) is 3.32. The Morgan fingerprint density at radius 2 is 2.07 bits per heavy atom. The van der Waals surface area contributed by atoms with E-state index in [2.05, 4.69) is 31.2 Å². The summed E-state index contributed by atoms with van der Waals surface area (Å²) in [5.74, 6) is 0.661. The molecule has 1 aliphatic rings. The normalized spacial score (nSPS) is 19.1. The zero-order valence-electron chi connectivity index (χ0n) is 8.73. The largest absolute Gasteiger partial charge is 0.241 e. The molecule has 0 spiro atoms. The van der Waals surface area contributed by atoms with Crippen LogP contribution in [0.2, 0.25) is 0 Å². The van der Waals surface area contributed by atoms with Gasteiger partial charge in [-0.25, -0.2) is 4.98 Å². The molecule has 1 aromatic heterocycles. The standard InChI is InChI=1S/C13H13NS/c1-9-7-8-11-12(9)14-13(15-11)10-5-3-2-4-6-10/h2-6,9H,7-8H2,1H3. The average Bonchev–Trinajstić information content (AvgIpc) is 2.83. The SMILES string of the molecule is CC1CCc2sc(-c3ccccc3)nc21. The number of hydrogen-bond acceptors (Lipinski definition) is 2. The van der Waals surface area contributed by atoms with Crippen molar-refractivity contribution < 1.29 is 0 Å². The van der Waals surface area contributed by atoms with Crippen molar-refractivity contribution in [2.45, 2.75) is 25.7 Å². The quantitative estimate of drug-likeness (QED) is 0.704. The van der Waals surface area contributed by atoms with Gasteiger partial charge in [-0.2, -0.15) is 0 Å². The summed E-state index contributed by atoms with van der Waals surface area (Å²) in [6.07, 6.45) is 2.50. The van der Waals surface area contributed by atoms with Crippen LogP contribution in [-0.2, 0) is 6.42 Å². The van der Waals surface area contributed by atoms with E-state index in [0.717, 1.165) is 0 Å². The van der Waals surface area contributed by atoms with Crippen LogP contribution in [0.25, 0.3) is 10.6 Å². The zero-order chi connectivity index (χ0) is 10.3. The predicted octanol–water partition coefficient (Wildman–Crippen LogP) is 3.86. The van der Waals surface area contributed by atoms with Crippen molar-refractivity contribution in [3.8, 4) is 10.6 Å². The summed E-state index contributed by atoms with van der Waals surface area (Å²) < 4.78 is 0. The van der Waals surface area contributed by atoms with Crippen molar-refractivity contribution in [2.24, 2.45) is 0 Å². The monoisotopic (exact) mass is 215 g/mol. The van der Waals surface area contributed by atoms with Crippen LogP contribution in [0, 0.1) is 0 Å². The summed E-state index contributed by atoms with van der Waals surface area (Å²) >= 11 is 1.87. The third kappa shape index (κ3) is 1.49. The van der Waals surface area contributed by atoms with Crippen molar-refractivity contribution in [1.29, 1.82) is 0 Å². The molecule has 2 aromatic rings. The van der Waals surface area contributed by atoms with Gasteiger partial charge in [-0.15, -0.1) is 11.3 Å². The van der Waals surface area contributed by atoms with E-state index in [9.17, 15) is 0 Å². The summed E-state index contributed by atoms with van der Waals surface area (Å²) in [5, 5.41) is 1.19. The second-order valence-electron chi connectivity index (χ2n) is 4.13. The second kappa shape index (κ2) is 3.46. The smallest absolute Gasteiger partial charge is 0.123 e. The van der Waals surface area contributed by atoms with Gasteiger partial charge in [-0.1, -0.05) is 37.3 Å². The summed E-state index contributed by atoms with van der Waals surface area (Å²) in [6, 6.07) is 10.5. The van der Waals surface area contributed by atoms with Crippen LogP contribution in [-0.4, -0.2) is 4.98 Å². The van der Waals surface area contributed by atoms with Crippen LogP contribution in [0.3, 0.4) is 0 Å². The van der Waals surface area contributed by atoms with Gasteiger partial charge >= 0.3 is 0 Å². The second-order valence-corrected chi connectivity index (χ2v) is 5.22. The molecule has 2 heteroatoms. The Kier molecular flexibility index (Phi) is 2.10. The van der Waals surface area contributed by atoms with E-state index in [-0.39, 0.29) is 0 Å². The van der Waals surface area contributed by atoms with E-state index in [1.807, 2.05) is 17.4 Å². The Hall–Kier alpha value is -1.15. The number of aromatic nitrogens is 1. The molecule has 1 nitrogen and oxygen atoms in total. The van der Waals surface area contributed by atoms with Gasteiger partial charge in [0.15, 0.2) is 0 Å². The van der Waals surface area contributed by atoms with Gasteiger partial charge in [0.05, 0.1) is 5.69 Å². The molecule has 76 valence electrons. The van der Waals surface area contributed by atoms with Crippen molar-refractivity contribution in [3.63, 3.8) is 0 Å². The fraction of sp³-hybridized carbons (Fsp3) is 0.308. The highest BCUT2D eigenvalue weighted by Crippen LogP contribution is 2.39. The van der Waals surface area contributed by atoms with Crippen LogP contribution in [0.1, 0.15) is 29.8 Å². The van der Waals surface area contributed by atoms with Crippen LogP contribution >= 0.6 is 11.3 Å². The zero-order valence-corrected chi connectivity index (χ0v) is 9.55. The van der Waals surface area contributed by atoms with Gasteiger partial charge in [0, 0.05) is 10.4 Å². The first-order chi connectivity index (χ1) is 7.34. The molecule has 0 N–H and O–H groups in total. The maximum absolute atomic E-state index is 4.76. The summed E-state index contributed by atoms with van der Waals surface area (Å²) in [6.45, 7) is 2.28. The Labute approximate surface area is 93.8 Å². The Balaban J connectivity index is 2.05. The van der Waals surface area contributed by atoms with E-state index in [4.69, 9.17) is 4.98 Å². The molecule has 15 heavy (non-hydrogen) atoms. The molecule has 0 amide bonds. The molecule has 3 rings (SSSR count). The molecule has 0 fully saturated rings. The first kappa shape index (κ1) is 9.10. The number of thiazole rings is 1. The lowest BCUT2D eigenvalue weighted by molar-refractivity contribution is 0.731. The Morgan fingerprint density at radius 1 is 1.27 bits per heavy atom. The predicted molar refractivity (Wildman–Crippen MR) is 64.3 cm³/mol. The Bertz CT molecular complexity index is 473. The number of benzene rings is 1. The van der Waals surface area contributed by atoms with Crippen LogP contribution in [0.15, 0.2) is 30.3 Å². The fourth-order valence-electron chi connectivity index (χ4n) is 2.12. The van der Waals surface area contributed by atoms with Gasteiger partial charge in [-0.3, -0.25) is 0 Å². The molecule has 1 unspecified atom stereocenters. The first-order valence-corrected chi connectivity index (χ1v) is 6.21. The lowest BCUT2D eigenvalue weighted by Crippen LogP contribution is -1.87. The minimum atomic E-state index is 0.661. The van der Waals surface area contributed by atoms with Crippen molar-refractivity contribution in [3.05, 3.63) is 40.9 Å². The topological polar surface area (TPSA) is 12.9 Å². The molecule has 0 radical (unpaired) electrons. The highest BCUT2D eigenvalue weighted by atomic mass is 32.1. The van der Waals surface area contributed by atoms with E-state index < -0.39 is 0 Å². The number of fused-ring (bicyclic) bond motifs is 1. The molecule has 1 heterocycles. The number of aryl methyl sites for hydroxylation is 1. The molecule has 1 aliphatic carbocycles. The molecular formula is C13H13NS. The van der Waals surface area contributed by atoms with Gasteiger partial charge in [-0.05, 0) is 18.8 Å². The highest BCUT2D eigenvalue weighted by molar-refractivity contribution is 7.15. The highest BCUT2D eigenvalue weighted by Gasteiger charge is 2.23. The minimum Gasteiger partial charge on any atom is -0.241 e. The van der Waals surface area contributed by atoms with Crippen molar-refractivity contribution in [2.75, 3.05) is 0 Å². The lowest BCUT2D eigenvalue weighted by atomic mass is 10.1. The third-order valence-corrected chi connectivity index (χ3v) is 4.20. The summed E-state index contributed by atoms with van der Waals surface area (Å²) in [7, 11) is 0. The molecule has 0 saturated carbocycles. The van der Waals surface area contributed by atoms with Crippen molar-refractivity contribution in [1.82, 2.24) is 4.98 Å². The average molecular weight is 215 g/mol. The first-order valence-electron chi connectivity index (χ1n) is 5.39. The van der Waals surface area contributed by atoms with Crippen LogP contribution < -0.4 is 0 Å². The van der Waals surface area contributed by atoms with E-state index >= 15 is 0 Å². The molecule has 0 bridgehead atoms. The third-order valence-electron chi connectivity index (χ3n) is 3.02. The van der Waals surface area contributed by atoms with Gasteiger partial charge < -0.3 is 0 Å². The Morgan fingerprint density at radius 3 is 2.80 bits per heavy atom. The maximum atomic E-state index is 4.76. The molecule has 0 aliphatic heterocycles. The number of nitrogens with zero attached hydrogens (tertiary/aromatic N) is 1. The summed E-state index contributed by atoms with van der Waals surface area (Å²) in [5.41, 5.74) is 2.60. The number of hydrogen-bond donors (Lipinski definition) is 0. The molecule has 0 saturated heterocycles. The van der Waals surface area contributed by atoms with Gasteiger partial charge in [0.25, 0.3) is 0 Å². The van der Waals surface area contributed by atoms with E-state index in [1.54, 1.807) is 0 Å². The van der Waals surface area contributed by atoms with E-state index in [0.29, 0.717) is 5.92 Å². The lowest BCUT2D eigenvalue weighted by Gasteiger charge is -1.98. The van der Waals surface area contributed by atoms with Crippen molar-refractivity contribution >= 4 is 11.3 Å². The molecular weight excluding hydrogens is 202 g/mol. The van der Waals surface area contributed by atoms with Crippen LogP contribution in [0.4, 0.5) is 0 Å². The minimum absolute atomic E-state index is 0.661. The number of rotatable bonds is 1. The molecule has 1 aromatic carbocycles. The van der Waals surface area contributed by atoms with Crippen LogP contribution in [0.5, 0.6) is 0 Å². The summed E-state index contributed by atoms with van der Waals surface area (Å²) in [4.78, 5) is 6.26. The van der Waals surface area contributed by atoms with E-state index in [1.165, 1.54) is 34.0 Å².